The maximum absolute atomic E-state index is 13.4. The van der Waals surface area contributed by atoms with E-state index in [-0.39, 0.29) is 5.82 Å². The van der Waals surface area contributed by atoms with Crippen LogP contribution in [0.15, 0.2) is 18.2 Å². The Hall–Kier alpha value is -1.05. The Labute approximate surface area is 103 Å². The number of hydrogen-bond acceptors (Lipinski definition) is 1. The highest BCUT2D eigenvalue weighted by atomic mass is 19.1. The lowest BCUT2D eigenvalue weighted by molar-refractivity contribution is 0.328. The van der Waals surface area contributed by atoms with Crippen molar-refractivity contribution in [1.82, 2.24) is 0 Å². The molecule has 0 bridgehead atoms. The molecule has 2 heteroatoms. The average Bonchev–Trinajstić information content (AvgIpc) is 2.35. The summed E-state index contributed by atoms with van der Waals surface area (Å²) in [6, 6.07) is 5.86. The highest BCUT2D eigenvalue weighted by molar-refractivity contribution is 5.45. The Morgan fingerprint density at radius 1 is 1.24 bits per heavy atom. The third kappa shape index (κ3) is 3.21. The molecule has 0 aromatic heterocycles. The second-order valence-corrected chi connectivity index (χ2v) is 5.30. The topological polar surface area (TPSA) is 12.0 Å². The summed E-state index contributed by atoms with van der Waals surface area (Å²) >= 11 is 0. The molecule has 0 spiro atoms. The number of benzene rings is 1. The summed E-state index contributed by atoms with van der Waals surface area (Å²) < 4.78 is 13.4. The fourth-order valence-electron chi connectivity index (χ4n) is 2.70. The fourth-order valence-corrected chi connectivity index (χ4v) is 2.70. The molecule has 1 unspecified atom stereocenters. The van der Waals surface area contributed by atoms with Crippen molar-refractivity contribution in [2.75, 3.05) is 5.32 Å². The van der Waals surface area contributed by atoms with Crippen molar-refractivity contribution in [2.24, 2.45) is 5.92 Å². The maximum atomic E-state index is 13.4. The van der Waals surface area contributed by atoms with Gasteiger partial charge in [-0.15, -0.1) is 0 Å². The van der Waals surface area contributed by atoms with Crippen LogP contribution in [0.25, 0.3) is 0 Å². The van der Waals surface area contributed by atoms with E-state index in [2.05, 4.69) is 12.2 Å². The monoisotopic (exact) mass is 235 g/mol. The van der Waals surface area contributed by atoms with E-state index in [1.807, 2.05) is 12.1 Å². The van der Waals surface area contributed by atoms with E-state index in [0.29, 0.717) is 11.6 Å². The zero-order chi connectivity index (χ0) is 12.3. The fraction of sp³-hybridized carbons (Fsp3) is 0.600. The van der Waals surface area contributed by atoms with Crippen molar-refractivity contribution in [3.05, 3.63) is 29.6 Å². The van der Waals surface area contributed by atoms with Gasteiger partial charge in [0.1, 0.15) is 5.82 Å². The van der Waals surface area contributed by atoms with Gasteiger partial charge in [-0.3, -0.25) is 0 Å². The SMILES string of the molecule is Cc1ccc(NC(C)C2CCCCC2)cc1F. The second kappa shape index (κ2) is 5.52. The van der Waals surface area contributed by atoms with E-state index in [4.69, 9.17) is 0 Å². The maximum Gasteiger partial charge on any atom is 0.128 e. The van der Waals surface area contributed by atoms with E-state index < -0.39 is 0 Å². The summed E-state index contributed by atoms with van der Waals surface area (Å²) in [5, 5.41) is 3.44. The molecule has 1 atom stereocenters. The molecule has 1 aliphatic carbocycles. The smallest absolute Gasteiger partial charge is 0.128 e. The molecule has 0 heterocycles. The average molecular weight is 235 g/mol. The van der Waals surface area contributed by atoms with Crippen LogP contribution in [0, 0.1) is 18.7 Å². The van der Waals surface area contributed by atoms with Crippen LogP contribution in [0.4, 0.5) is 10.1 Å². The summed E-state index contributed by atoms with van der Waals surface area (Å²) in [6.07, 6.45) is 6.69. The van der Waals surface area contributed by atoms with Crippen LogP contribution in [0.1, 0.15) is 44.6 Å². The second-order valence-electron chi connectivity index (χ2n) is 5.30. The third-order valence-corrected chi connectivity index (χ3v) is 3.92. The molecule has 94 valence electrons. The summed E-state index contributed by atoms with van der Waals surface area (Å²) in [5.41, 5.74) is 1.62. The van der Waals surface area contributed by atoms with Crippen LogP contribution in [-0.4, -0.2) is 6.04 Å². The highest BCUT2D eigenvalue weighted by Crippen LogP contribution is 2.28. The third-order valence-electron chi connectivity index (χ3n) is 3.92. The van der Waals surface area contributed by atoms with Crippen molar-refractivity contribution in [3.63, 3.8) is 0 Å². The highest BCUT2D eigenvalue weighted by Gasteiger charge is 2.19. The van der Waals surface area contributed by atoms with Crippen LogP contribution in [-0.2, 0) is 0 Å². The Morgan fingerprint density at radius 3 is 2.59 bits per heavy atom. The minimum atomic E-state index is -0.120. The Balaban J connectivity index is 1.96. The van der Waals surface area contributed by atoms with Crippen LogP contribution in [0.2, 0.25) is 0 Å². The molecular formula is C15H22FN. The van der Waals surface area contributed by atoms with Crippen LogP contribution < -0.4 is 5.32 Å². The van der Waals surface area contributed by atoms with Crippen LogP contribution in [0.3, 0.4) is 0 Å². The molecule has 1 aromatic rings. The number of nitrogens with one attached hydrogen (secondary N) is 1. The van der Waals surface area contributed by atoms with Crippen molar-refractivity contribution < 1.29 is 4.39 Å². The molecule has 2 rings (SSSR count). The summed E-state index contributed by atoms with van der Waals surface area (Å²) in [4.78, 5) is 0. The van der Waals surface area contributed by atoms with Gasteiger partial charge in [0, 0.05) is 11.7 Å². The predicted molar refractivity (Wildman–Crippen MR) is 70.8 cm³/mol. The summed E-state index contributed by atoms with van der Waals surface area (Å²) in [6.45, 7) is 4.01. The number of rotatable bonds is 3. The molecule has 0 amide bonds. The number of hydrogen-bond donors (Lipinski definition) is 1. The molecule has 0 radical (unpaired) electrons. The van der Waals surface area contributed by atoms with Gasteiger partial charge >= 0.3 is 0 Å². The Bertz CT molecular complexity index is 369. The molecule has 17 heavy (non-hydrogen) atoms. The molecule has 1 N–H and O–H groups in total. The Morgan fingerprint density at radius 2 is 1.94 bits per heavy atom. The summed E-state index contributed by atoms with van der Waals surface area (Å²) in [7, 11) is 0. The van der Waals surface area contributed by atoms with E-state index in [1.165, 1.54) is 32.1 Å². The lowest BCUT2D eigenvalue weighted by atomic mass is 9.84. The number of aryl methyl sites for hydroxylation is 1. The zero-order valence-corrected chi connectivity index (χ0v) is 10.8. The largest absolute Gasteiger partial charge is 0.382 e. The molecule has 0 aliphatic heterocycles. The van der Waals surface area contributed by atoms with Crippen molar-refractivity contribution in [3.8, 4) is 0 Å². The van der Waals surface area contributed by atoms with Crippen LogP contribution in [0.5, 0.6) is 0 Å². The molecule has 1 aliphatic rings. The van der Waals surface area contributed by atoms with Crippen molar-refractivity contribution in [1.29, 1.82) is 0 Å². The number of anilines is 1. The van der Waals surface area contributed by atoms with E-state index in [9.17, 15) is 4.39 Å². The molecular weight excluding hydrogens is 213 g/mol. The number of halogens is 1. The first-order chi connectivity index (χ1) is 8.16. The minimum Gasteiger partial charge on any atom is -0.382 e. The Kier molecular flexibility index (Phi) is 4.03. The van der Waals surface area contributed by atoms with Gasteiger partial charge in [-0.1, -0.05) is 25.3 Å². The van der Waals surface area contributed by atoms with Gasteiger partial charge < -0.3 is 5.32 Å². The van der Waals surface area contributed by atoms with E-state index in [0.717, 1.165) is 11.6 Å². The van der Waals surface area contributed by atoms with Crippen LogP contribution >= 0.6 is 0 Å². The van der Waals surface area contributed by atoms with Gasteiger partial charge in [0.15, 0.2) is 0 Å². The van der Waals surface area contributed by atoms with Gasteiger partial charge in [-0.05, 0) is 50.3 Å². The first-order valence-corrected chi connectivity index (χ1v) is 6.69. The quantitative estimate of drug-likeness (QED) is 0.812. The van der Waals surface area contributed by atoms with Gasteiger partial charge in [0.25, 0.3) is 0 Å². The lowest BCUT2D eigenvalue weighted by Gasteiger charge is -2.29. The van der Waals surface area contributed by atoms with Crippen molar-refractivity contribution in [2.45, 2.75) is 52.0 Å². The zero-order valence-electron chi connectivity index (χ0n) is 10.8. The molecule has 1 fully saturated rings. The lowest BCUT2D eigenvalue weighted by Crippen LogP contribution is -2.27. The standard InChI is InChI=1S/C15H22FN/c1-11-8-9-14(10-15(11)16)17-12(2)13-6-4-3-5-7-13/h8-10,12-13,17H,3-7H2,1-2H3. The molecule has 1 aromatic carbocycles. The first kappa shape index (κ1) is 12.4. The molecule has 1 nitrogen and oxygen atoms in total. The molecule has 1 saturated carbocycles. The normalized spacial score (nSPS) is 19.0. The first-order valence-electron chi connectivity index (χ1n) is 6.69. The van der Waals surface area contributed by atoms with E-state index in [1.54, 1.807) is 13.0 Å². The van der Waals surface area contributed by atoms with Gasteiger partial charge in [0.2, 0.25) is 0 Å². The van der Waals surface area contributed by atoms with Gasteiger partial charge in [-0.25, -0.2) is 4.39 Å². The minimum absolute atomic E-state index is 0.120. The predicted octanol–water partition coefficient (Wildman–Crippen LogP) is 4.51. The van der Waals surface area contributed by atoms with Gasteiger partial charge in [-0.2, -0.15) is 0 Å². The van der Waals surface area contributed by atoms with Gasteiger partial charge in [0.05, 0.1) is 0 Å². The van der Waals surface area contributed by atoms with Crippen molar-refractivity contribution >= 4 is 5.69 Å². The summed E-state index contributed by atoms with van der Waals surface area (Å²) in [5.74, 6) is 0.624. The van der Waals surface area contributed by atoms with E-state index >= 15 is 0 Å². The molecule has 0 saturated heterocycles.